The number of hydrogen-bond donors (Lipinski definition) is 2. The van der Waals surface area contributed by atoms with Gasteiger partial charge in [0.05, 0.1) is 12.0 Å². The molecule has 0 radical (unpaired) electrons. The van der Waals surface area contributed by atoms with Gasteiger partial charge in [0.2, 0.25) is 5.75 Å². The molecule has 0 unspecified atom stereocenters. The van der Waals surface area contributed by atoms with Crippen molar-refractivity contribution in [2.45, 2.75) is 4.90 Å². The van der Waals surface area contributed by atoms with Crippen LogP contribution in [0, 0.1) is 0 Å². The van der Waals surface area contributed by atoms with E-state index in [1.165, 1.54) is 31.8 Å². The van der Waals surface area contributed by atoms with Gasteiger partial charge in [-0.1, -0.05) is 0 Å². The van der Waals surface area contributed by atoms with Crippen LogP contribution in [0.2, 0.25) is 0 Å². The Balaban J connectivity index is 2.30. The monoisotopic (exact) mass is 308 g/mol. The number of nitrogens with one attached hydrogen (secondary N) is 2. The van der Waals surface area contributed by atoms with Crippen molar-refractivity contribution in [3.63, 3.8) is 0 Å². The maximum atomic E-state index is 11.4. The second-order valence-corrected chi connectivity index (χ2v) is 6.29. The number of anilines is 3. The van der Waals surface area contributed by atoms with Gasteiger partial charge in [-0.2, -0.15) is 0 Å². The van der Waals surface area contributed by atoms with Crippen molar-refractivity contribution in [3.8, 4) is 5.75 Å². The number of hydrogen-bond acceptors (Lipinski definition) is 7. The molecule has 0 atom stereocenters. The van der Waals surface area contributed by atoms with E-state index in [4.69, 9.17) is 4.74 Å². The minimum atomic E-state index is -3.20. The Kier molecular flexibility index (Phi) is 4.27. The molecule has 0 fully saturated rings. The average molecular weight is 308 g/mol. The molecule has 0 aliphatic rings. The van der Waals surface area contributed by atoms with Gasteiger partial charge in [-0.05, 0) is 24.3 Å². The van der Waals surface area contributed by atoms with Crippen molar-refractivity contribution in [1.82, 2.24) is 9.97 Å². The molecule has 0 aliphatic heterocycles. The van der Waals surface area contributed by atoms with E-state index in [1.807, 2.05) is 0 Å². The van der Waals surface area contributed by atoms with Crippen LogP contribution in [0.5, 0.6) is 5.75 Å². The standard InChI is InChI=1S/C13H16N4O3S/c1-14-12-11(20-2)13(16-8-15-12)17-9-4-6-10(7-5-9)21(3,18)19/h4-8H,1-3H3,(H2,14,15,16,17). The first-order valence-corrected chi connectivity index (χ1v) is 7.98. The molecule has 8 heteroatoms. The van der Waals surface area contributed by atoms with E-state index in [1.54, 1.807) is 19.2 Å². The lowest BCUT2D eigenvalue weighted by molar-refractivity contribution is 0.415. The second-order valence-electron chi connectivity index (χ2n) is 4.28. The average Bonchev–Trinajstić information content (AvgIpc) is 2.46. The van der Waals surface area contributed by atoms with Gasteiger partial charge in [0.25, 0.3) is 0 Å². The molecule has 0 aliphatic carbocycles. The zero-order valence-corrected chi connectivity index (χ0v) is 12.7. The minimum absolute atomic E-state index is 0.263. The molecule has 112 valence electrons. The van der Waals surface area contributed by atoms with Gasteiger partial charge in [0.1, 0.15) is 6.33 Å². The van der Waals surface area contributed by atoms with Crippen molar-refractivity contribution in [2.75, 3.05) is 31.0 Å². The third-order valence-corrected chi connectivity index (χ3v) is 3.92. The highest BCUT2D eigenvalue weighted by molar-refractivity contribution is 7.90. The summed E-state index contributed by atoms with van der Waals surface area (Å²) in [5.74, 6) is 1.53. The van der Waals surface area contributed by atoms with Crippen LogP contribution in [0.4, 0.5) is 17.3 Å². The molecule has 0 bridgehead atoms. The largest absolute Gasteiger partial charge is 0.490 e. The summed E-state index contributed by atoms with van der Waals surface area (Å²) in [6.45, 7) is 0. The number of ether oxygens (including phenoxy) is 1. The predicted molar refractivity (Wildman–Crippen MR) is 81.0 cm³/mol. The maximum Gasteiger partial charge on any atom is 0.204 e. The summed E-state index contributed by atoms with van der Waals surface area (Å²) in [6.07, 6.45) is 2.57. The summed E-state index contributed by atoms with van der Waals surface area (Å²) in [7, 11) is 0.0529. The van der Waals surface area contributed by atoms with Gasteiger partial charge in [0, 0.05) is 19.0 Å². The van der Waals surface area contributed by atoms with Crippen molar-refractivity contribution >= 4 is 27.2 Å². The Morgan fingerprint density at radius 1 is 1.10 bits per heavy atom. The highest BCUT2D eigenvalue weighted by Crippen LogP contribution is 2.30. The molecule has 1 aromatic carbocycles. The number of nitrogens with zero attached hydrogens (tertiary/aromatic N) is 2. The summed E-state index contributed by atoms with van der Waals surface area (Å²) in [4.78, 5) is 8.43. The third kappa shape index (κ3) is 3.40. The maximum absolute atomic E-state index is 11.4. The van der Waals surface area contributed by atoms with Crippen molar-refractivity contribution in [2.24, 2.45) is 0 Å². The quantitative estimate of drug-likeness (QED) is 0.867. The normalized spacial score (nSPS) is 11.0. The summed E-state index contributed by atoms with van der Waals surface area (Å²) in [5, 5.41) is 5.97. The topological polar surface area (TPSA) is 93.2 Å². The van der Waals surface area contributed by atoms with Gasteiger partial charge in [0.15, 0.2) is 21.5 Å². The fraction of sp³-hybridized carbons (Fsp3) is 0.231. The van der Waals surface area contributed by atoms with Gasteiger partial charge in [-0.3, -0.25) is 0 Å². The Bertz CT molecular complexity index is 730. The molecule has 1 heterocycles. The summed E-state index contributed by atoms with van der Waals surface area (Å²) in [6, 6.07) is 6.39. The molecule has 1 aromatic heterocycles. The molecular formula is C13H16N4O3S. The van der Waals surface area contributed by atoms with E-state index in [-0.39, 0.29) is 4.90 Å². The summed E-state index contributed by atoms with van der Waals surface area (Å²) < 4.78 is 28.1. The van der Waals surface area contributed by atoms with Gasteiger partial charge in [-0.25, -0.2) is 18.4 Å². The van der Waals surface area contributed by atoms with Crippen molar-refractivity contribution in [1.29, 1.82) is 0 Å². The Morgan fingerprint density at radius 2 is 1.71 bits per heavy atom. The number of methoxy groups -OCH3 is 1. The fourth-order valence-electron chi connectivity index (χ4n) is 1.76. The summed E-state index contributed by atoms with van der Waals surface area (Å²) >= 11 is 0. The fourth-order valence-corrected chi connectivity index (χ4v) is 2.39. The Hall–Kier alpha value is -2.35. The molecule has 21 heavy (non-hydrogen) atoms. The van der Waals surface area contributed by atoms with Crippen molar-refractivity contribution in [3.05, 3.63) is 30.6 Å². The van der Waals surface area contributed by atoms with Gasteiger partial charge in [-0.15, -0.1) is 0 Å². The molecular weight excluding hydrogens is 292 g/mol. The lowest BCUT2D eigenvalue weighted by Gasteiger charge is -2.12. The van der Waals surface area contributed by atoms with Crippen LogP contribution in [-0.4, -0.2) is 38.8 Å². The van der Waals surface area contributed by atoms with Crippen LogP contribution in [0.25, 0.3) is 0 Å². The van der Waals surface area contributed by atoms with Crippen molar-refractivity contribution < 1.29 is 13.2 Å². The number of rotatable bonds is 5. The Morgan fingerprint density at radius 3 is 2.24 bits per heavy atom. The number of aromatic nitrogens is 2. The molecule has 0 saturated carbocycles. The SMILES string of the molecule is CNc1ncnc(Nc2ccc(S(C)(=O)=O)cc2)c1OC. The highest BCUT2D eigenvalue weighted by Gasteiger charge is 2.12. The highest BCUT2D eigenvalue weighted by atomic mass is 32.2. The van der Waals surface area contributed by atoms with Crippen LogP contribution < -0.4 is 15.4 Å². The van der Waals surface area contributed by atoms with E-state index >= 15 is 0 Å². The van der Waals surface area contributed by atoms with Crippen LogP contribution in [-0.2, 0) is 9.84 Å². The minimum Gasteiger partial charge on any atom is -0.490 e. The van der Waals surface area contributed by atoms with E-state index in [0.29, 0.717) is 23.1 Å². The van der Waals surface area contributed by atoms with Gasteiger partial charge < -0.3 is 15.4 Å². The predicted octanol–water partition coefficient (Wildman–Crippen LogP) is 1.67. The molecule has 0 amide bonds. The first kappa shape index (κ1) is 15.0. The molecule has 2 N–H and O–H groups in total. The zero-order valence-electron chi connectivity index (χ0n) is 11.9. The number of benzene rings is 1. The van der Waals surface area contributed by atoms with Gasteiger partial charge >= 0.3 is 0 Å². The van der Waals surface area contributed by atoms with E-state index < -0.39 is 9.84 Å². The van der Waals surface area contributed by atoms with Crippen LogP contribution >= 0.6 is 0 Å². The van der Waals surface area contributed by atoms with Crippen LogP contribution in [0.1, 0.15) is 0 Å². The second kappa shape index (κ2) is 5.96. The van der Waals surface area contributed by atoms with Crippen LogP contribution in [0.15, 0.2) is 35.5 Å². The lowest BCUT2D eigenvalue weighted by atomic mass is 10.3. The molecule has 7 nitrogen and oxygen atoms in total. The number of sulfone groups is 1. The first-order valence-electron chi connectivity index (χ1n) is 6.09. The molecule has 2 rings (SSSR count). The zero-order chi connectivity index (χ0) is 15.5. The molecule has 0 saturated heterocycles. The lowest BCUT2D eigenvalue weighted by Crippen LogP contribution is -2.03. The third-order valence-electron chi connectivity index (χ3n) is 2.79. The summed E-state index contributed by atoms with van der Waals surface area (Å²) in [5.41, 5.74) is 0.696. The van der Waals surface area contributed by atoms with E-state index in [9.17, 15) is 8.42 Å². The Labute approximate surface area is 123 Å². The molecule has 2 aromatic rings. The van der Waals surface area contributed by atoms with E-state index in [2.05, 4.69) is 20.6 Å². The molecule has 0 spiro atoms. The first-order chi connectivity index (χ1) is 9.95. The van der Waals surface area contributed by atoms with Crippen LogP contribution in [0.3, 0.4) is 0 Å². The van der Waals surface area contributed by atoms with E-state index in [0.717, 1.165) is 0 Å². The smallest absolute Gasteiger partial charge is 0.204 e.